The fourth-order valence-electron chi connectivity index (χ4n) is 3.37. The van der Waals surface area contributed by atoms with Crippen molar-refractivity contribution in [2.75, 3.05) is 5.32 Å². The Kier molecular flexibility index (Phi) is 5.05. The van der Waals surface area contributed by atoms with Crippen LogP contribution in [-0.2, 0) is 25.7 Å². The van der Waals surface area contributed by atoms with Crippen molar-refractivity contribution in [1.29, 1.82) is 0 Å². The molecule has 29 heavy (non-hydrogen) atoms. The van der Waals surface area contributed by atoms with Crippen molar-refractivity contribution in [3.05, 3.63) is 83.3 Å². The predicted octanol–water partition coefficient (Wildman–Crippen LogP) is 5.87. The van der Waals surface area contributed by atoms with Crippen LogP contribution in [0.15, 0.2) is 65.3 Å². The summed E-state index contributed by atoms with van der Waals surface area (Å²) >= 11 is 0. The molecule has 0 saturated heterocycles. The zero-order valence-corrected chi connectivity index (χ0v) is 15.8. The summed E-state index contributed by atoms with van der Waals surface area (Å²) < 4.78 is 47.5. The predicted molar refractivity (Wildman–Crippen MR) is 106 cm³/mol. The van der Waals surface area contributed by atoms with E-state index in [4.69, 9.17) is 4.42 Å². The average Bonchev–Trinajstić information content (AvgIpc) is 3.33. The molecule has 2 heterocycles. The van der Waals surface area contributed by atoms with Gasteiger partial charge in [-0.25, -0.2) is 4.98 Å². The normalized spacial score (nSPS) is 11.9. The lowest BCUT2D eigenvalue weighted by Crippen LogP contribution is -2.13. The highest BCUT2D eigenvalue weighted by Gasteiger charge is 2.33. The number of anilines is 1. The van der Waals surface area contributed by atoms with Gasteiger partial charge in [-0.3, -0.25) is 0 Å². The molecule has 0 aliphatic carbocycles. The minimum absolute atomic E-state index is 0.0537. The maximum Gasteiger partial charge on any atom is 0.416 e. The van der Waals surface area contributed by atoms with Crippen LogP contribution in [0.2, 0.25) is 0 Å². The first kappa shape index (κ1) is 19.1. The fraction of sp³-hybridized carbons (Fsp3) is 0.227. The lowest BCUT2D eigenvalue weighted by molar-refractivity contribution is -0.138. The van der Waals surface area contributed by atoms with E-state index in [2.05, 4.69) is 10.3 Å². The molecule has 0 bridgehead atoms. The molecule has 0 aliphatic rings. The number of fused-ring (bicyclic) bond motifs is 1. The van der Waals surface area contributed by atoms with Crippen molar-refractivity contribution in [2.45, 2.75) is 32.6 Å². The van der Waals surface area contributed by atoms with Crippen molar-refractivity contribution in [2.24, 2.45) is 0 Å². The summed E-state index contributed by atoms with van der Waals surface area (Å²) in [6.45, 7) is 2.49. The Hall–Kier alpha value is -3.22. The molecule has 0 radical (unpaired) electrons. The molecular weight excluding hydrogens is 379 g/mol. The second-order valence-electron chi connectivity index (χ2n) is 6.79. The first-order chi connectivity index (χ1) is 14.0. The lowest BCUT2D eigenvalue weighted by Gasteiger charge is -2.15. The molecule has 4 nitrogen and oxygen atoms in total. The maximum atomic E-state index is 13.5. The largest absolute Gasteiger partial charge is 0.467 e. The highest BCUT2D eigenvalue weighted by molar-refractivity contribution is 5.79. The summed E-state index contributed by atoms with van der Waals surface area (Å²) in [7, 11) is 0. The molecule has 150 valence electrons. The van der Waals surface area contributed by atoms with Gasteiger partial charge < -0.3 is 14.3 Å². The Morgan fingerprint density at radius 1 is 1.07 bits per heavy atom. The van der Waals surface area contributed by atoms with Crippen molar-refractivity contribution < 1.29 is 17.6 Å². The van der Waals surface area contributed by atoms with Crippen LogP contribution < -0.4 is 5.32 Å². The monoisotopic (exact) mass is 399 g/mol. The van der Waals surface area contributed by atoms with Crippen LogP contribution in [0.3, 0.4) is 0 Å². The molecule has 0 spiro atoms. The van der Waals surface area contributed by atoms with Gasteiger partial charge in [-0.05, 0) is 47.9 Å². The zero-order valence-electron chi connectivity index (χ0n) is 15.8. The standard InChI is InChI=1S/C22H20F3N3O/c1-2-15-9-10-20-19(12-15)27-21(26-13-17-7-5-11-29-17)28(20)14-16-6-3-4-8-18(16)22(23,24)25/h3-12H,2,13-14H2,1H3,(H,26,27). The highest BCUT2D eigenvalue weighted by Crippen LogP contribution is 2.33. The smallest absolute Gasteiger partial charge is 0.416 e. The van der Waals surface area contributed by atoms with Gasteiger partial charge in [0.05, 0.1) is 35.9 Å². The number of hydrogen-bond acceptors (Lipinski definition) is 3. The van der Waals surface area contributed by atoms with E-state index in [1.807, 2.05) is 31.2 Å². The summed E-state index contributed by atoms with van der Waals surface area (Å²) in [6.07, 6.45) is -1.98. The highest BCUT2D eigenvalue weighted by atomic mass is 19.4. The number of aromatic nitrogens is 2. The Bertz CT molecular complexity index is 1110. The molecule has 0 saturated carbocycles. The molecule has 7 heteroatoms. The van der Waals surface area contributed by atoms with Gasteiger partial charge >= 0.3 is 6.18 Å². The second kappa shape index (κ2) is 7.66. The number of hydrogen-bond donors (Lipinski definition) is 1. The molecule has 0 amide bonds. The number of rotatable bonds is 6. The van der Waals surface area contributed by atoms with Gasteiger partial charge in [-0.2, -0.15) is 13.2 Å². The summed E-state index contributed by atoms with van der Waals surface area (Å²) in [6, 6.07) is 15.1. The molecule has 0 fully saturated rings. The van der Waals surface area contributed by atoms with E-state index < -0.39 is 11.7 Å². The van der Waals surface area contributed by atoms with Crippen molar-refractivity contribution in [3.8, 4) is 0 Å². The quantitative estimate of drug-likeness (QED) is 0.441. The summed E-state index contributed by atoms with van der Waals surface area (Å²) in [5, 5.41) is 3.20. The minimum atomic E-state index is -4.41. The number of alkyl halides is 3. The Labute approximate surface area is 166 Å². The first-order valence-corrected chi connectivity index (χ1v) is 9.36. The number of nitrogens with one attached hydrogen (secondary N) is 1. The van der Waals surface area contributed by atoms with Crippen LogP contribution in [0.1, 0.15) is 29.4 Å². The van der Waals surface area contributed by atoms with Crippen LogP contribution in [-0.4, -0.2) is 9.55 Å². The lowest BCUT2D eigenvalue weighted by atomic mass is 10.1. The van der Waals surface area contributed by atoms with E-state index in [1.54, 1.807) is 23.0 Å². The third-order valence-electron chi connectivity index (χ3n) is 4.87. The van der Waals surface area contributed by atoms with Gasteiger partial charge in [0.15, 0.2) is 0 Å². The van der Waals surface area contributed by atoms with Crippen molar-refractivity contribution in [3.63, 3.8) is 0 Å². The molecule has 4 aromatic rings. The number of halogens is 3. The summed E-state index contributed by atoms with van der Waals surface area (Å²) in [5.41, 5.74) is 2.20. The van der Waals surface area contributed by atoms with Gasteiger partial charge in [-0.1, -0.05) is 31.2 Å². The molecule has 0 aliphatic heterocycles. The number of benzene rings is 2. The van der Waals surface area contributed by atoms with Gasteiger partial charge in [0.25, 0.3) is 0 Å². The molecular formula is C22H20F3N3O. The molecule has 2 aromatic heterocycles. The van der Waals surface area contributed by atoms with E-state index in [1.165, 1.54) is 12.1 Å². The van der Waals surface area contributed by atoms with E-state index in [9.17, 15) is 13.2 Å². The maximum absolute atomic E-state index is 13.5. The Morgan fingerprint density at radius 2 is 1.90 bits per heavy atom. The second-order valence-corrected chi connectivity index (χ2v) is 6.79. The number of nitrogens with zero attached hydrogens (tertiary/aromatic N) is 2. The van der Waals surface area contributed by atoms with Gasteiger partial charge in [0.2, 0.25) is 5.95 Å². The van der Waals surface area contributed by atoms with Crippen molar-refractivity contribution >= 4 is 17.0 Å². The van der Waals surface area contributed by atoms with Crippen LogP contribution in [0, 0.1) is 0 Å². The first-order valence-electron chi connectivity index (χ1n) is 9.36. The van der Waals surface area contributed by atoms with Gasteiger partial charge in [-0.15, -0.1) is 0 Å². The number of aryl methyl sites for hydroxylation is 1. The Balaban J connectivity index is 1.76. The SMILES string of the molecule is CCc1ccc2c(c1)nc(NCc1ccco1)n2Cc1ccccc1C(F)(F)F. The van der Waals surface area contributed by atoms with E-state index in [0.717, 1.165) is 29.1 Å². The third kappa shape index (κ3) is 3.99. The van der Waals surface area contributed by atoms with Crippen LogP contribution in [0.5, 0.6) is 0 Å². The zero-order chi connectivity index (χ0) is 20.4. The topological polar surface area (TPSA) is 43.0 Å². The van der Waals surface area contributed by atoms with E-state index in [0.29, 0.717) is 18.3 Å². The summed E-state index contributed by atoms with van der Waals surface area (Å²) in [4.78, 5) is 4.64. The molecule has 0 unspecified atom stereocenters. The Morgan fingerprint density at radius 3 is 2.62 bits per heavy atom. The van der Waals surface area contributed by atoms with Crippen LogP contribution >= 0.6 is 0 Å². The number of furan rings is 1. The van der Waals surface area contributed by atoms with Crippen molar-refractivity contribution in [1.82, 2.24) is 9.55 Å². The van der Waals surface area contributed by atoms with Gasteiger partial charge in [0.1, 0.15) is 5.76 Å². The summed E-state index contributed by atoms with van der Waals surface area (Å²) in [5.74, 6) is 1.22. The van der Waals surface area contributed by atoms with E-state index >= 15 is 0 Å². The molecule has 0 atom stereocenters. The minimum Gasteiger partial charge on any atom is -0.467 e. The van der Waals surface area contributed by atoms with Crippen LogP contribution in [0.4, 0.5) is 19.1 Å². The molecule has 1 N–H and O–H groups in total. The van der Waals surface area contributed by atoms with Gasteiger partial charge in [0, 0.05) is 0 Å². The fourth-order valence-corrected chi connectivity index (χ4v) is 3.37. The third-order valence-corrected chi connectivity index (χ3v) is 4.87. The number of imidazole rings is 1. The van der Waals surface area contributed by atoms with Crippen LogP contribution in [0.25, 0.3) is 11.0 Å². The average molecular weight is 399 g/mol. The molecule has 4 rings (SSSR count). The van der Waals surface area contributed by atoms with E-state index in [-0.39, 0.29) is 12.1 Å². The molecule has 2 aromatic carbocycles.